The van der Waals surface area contributed by atoms with Crippen molar-refractivity contribution in [1.29, 1.82) is 0 Å². The van der Waals surface area contributed by atoms with E-state index in [0.29, 0.717) is 25.0 Å². The van der Waals surface area contributed by atoms with E-state index in [-0.39, 0.29) is 0 Å². The van der Waals surface area contributed by atoms with Crippen LogP contribution in [0.1, 0.15) is 5.56 Å². The van der Waals surface area contributed by atoms with E-state index in [2.05, 4.69) is 15.5 Å². The van der Waals surface area contributed by atoms with E-state index in [9.17, 15) is 0 Å². The Morgan fingerprint density at radius 1 is 1.29 bits per heavy atom. The number of nitrogens with one attached hydrogen (secondary N) is 1. The maximum absolute atomic E-state index is 5.07. The highest BCUT2D eigenvalue weighted by atomic mass is 16.5. The minimum absolute atomic E-state index is 0.414. The zero-order valence-electron chi connectivity index (χ0n) is 9.93. The van der Waals surface area contributed by atoms with Crippen molar-refractivity contribution in [3.05, 3.63) is 29.8 Å². The molecule has 90 valence electrons. The van der Waals surface area contributed by atoms with E-state index in [0.717, 1.165) is 5.56 Å². The van der Waals surface area contributed by atoms with Gasteiger partial charge in [0.2, 0.25) is 5.82 Å². The van der Waals surface area contributed by atoms with Crippen LogP contribution in [0.25, 0.3) is 11.4 Å². The lowest BCUT2D eigenvalue weighted by Gasteiger charge is -1.97. The molecule has 0 aliphatic carbocycles. The summed E-state index contributed by atoms with van der Waals surface area (Å²) in [7, 11) is 1.65. The fourth-order valence-corrected chi connectivity index (χ4v) is 1.38. The Morgan fingerprint density at radius 2 is 2.06 bits per heavy atom. The summed E-state index contributed by atoms with van der Waals surface area (Å²) in [5, 5.41) is 6.89. The van der Waals surface area contributed by atoms with Crippen molar-refractivity contribution in [2.45, 2.75) is 6.92 Å². The molecule has 0 unspecified atom stereocenters. The summed E-state index contributed by atoms with van der Waals surface area (Å²) >= 11 is 0. The molecule has 0 fully saturated rings. The normalized spacial score (nSPS) is 10.5. The molecule has 0 atom stereocenters. The van der Waals surface area contributed by atoms with Crippen molar-refractivity contribution in [2.24, 2.45) is 0 Å². The molecule has 2 rings (SSSR count). The summed E-state index contributed by atoms with van der Waals surface area (Å²) in [6.07, 6.45) is 0. The highest BCUT2D eigenvalue weighted by Crippen LogP contribution is 2.17. The first-order chi connectivity index (χ1) is 8.29. The van der Waals surface area contributed by atoms with Crippen LogP contribution in [0.4, 0.5) is 6.01 Å². The van der Waals surface area contributed by atoms with Crippen LogP contribution in [0.2, 0.25) is 0 Å². The number of rotatable bonds is 5. The average Bonchev–Trinajstić information content (AvgIpc) is 2.79. The molecule has 0 saturated heterocycles. The molecule has 1 aromatic heterocycles. The summed E-state index contributed by atoms with van der Waals surface area (Å²) in [6, 6.07) is 8.39. The van der Waals surface area contributed by atoms with Gasteiger partial charge in [0.25, 0.3) is 0 Å². The number of benzene rings is 1. The molecule has 1 heterocycles. The van der Waals surface area contributed by atoms with E-state index in [1.54, 1.807) is 7.11 Å². The van der Waals surface area contributed by atoms with Crippen LogP contribution in [0.15, 0.2) is 28.8 Å². The number of aryl methyl sites for hydroxylation is 1. The monoisotopic (exact) mass is 233 g/mol. The van der Waals surface area contributed by atoms with Gasteiger partial charge in [-0.2, -0.15) is 4.98 Å². The van der Waals surface area contributed by atoms with Crippen molar-refractivity contribution < 1.29 is 9.26 Å². The standard InChI is InChI=1S/C12H15N3O2/c1-9-3-5-10(6-4-9)11-14-12(17-15-11)13-7-8-16-2/h3-6H,7-8H2,1-2H3,(H,13,14,15). The lowest BCUT2D eigenvalue weighted by atomic mass is 10.1. The van der Waals surface area contributed by atoms with Crippen molar-refractivity contribution in [3.63, 3.8) is 0 Å². The molecule has 0 saturated carbocycles. The maximum Gasteiger partial charge on any atom is 0.321 e. The fraction of sp³-hybridized carbons (Fsp3) is 0.333. The van der Waals surface area contributed by atoms with E-state index in [4.69, 9.17) is 9.26 Å². The smallest absolute Gasteiger partial charge is 0.321 e. The van der Waals surface area contributed by atoms with Crippen LogP contribution in [-0.4, -0.2) is 30.4 Å². The number of aromatic nitrogens is 2. The molecule has 0 radical (unpaired) electrons. The molecule has 0 aliphatic rings. The van der Waals surface area contributed by atoms with Crippen molar-refractivity contribution in [1.82, 2.24) is 10.1 Å². The van der Waals surface area contributed by atoms with Gasteiger partial charge in [0.15, 0.2) is 0 Å². The Bertz CT molecular complexity index is 465. The topological polar surface area (TPSA) is 60.2 Å². The van der Waals surface area contributed by atoms with Gasteiger partial charge in [-0.3, -0.25) is 0 Å². The first-order valence-corrected chi connectivity index (χ1v) is 5.43. The Balaban J connectivity index is 2.04. The van der Waals surface area contributed by atoms with Gasteiger partial charge in [-0.15, -0.1) is 0 Å². The third-order valence-corrected chi connectivity index (χ3v) is 2.32. The molecule has 1 N–H and O–H groups in total. The predicted molar refractivity (Wildman–Crippen MR) is 64.8 cm³/mol. The molecule has 5 nitrogen and oxygen atoms in total. The Hall–Kier alpha value is -1.88. The fourth-order valence-electron chi connectivity index (χ4n) is 1.38. The van der Waals surface area contributed by atoms with Gasteiger partial charge >= 0.3 is 6.01 Å². The van der Waals surface area contributed by atoms with Gasteiger partial charge in [-0.25, -0.2) is 0 Å². The summed E-state index contributed by atoms with van der Waals surface area (Å²) in [6.45, 7) is 3.28. The highest BCUT2D eigenvalue weighted by Gasteiger charge is 2.07. The number of methoxy groups -OCH3 is 1. The minimum atomic E-state index is 0.414. The van der Waals surface area contributed by atoms with Crippen molar-refractivity contribution in [2.75, 3.05) is 25.6 Å². The van der Waals surface area contributed by atoms with Crippen LogP contribution >= 0.6 is 0 Å². The lowest BCUT2D eigenvalue weighted by Crippen LogP contribution is -2.07. The van der Waals surface area contributed by atoms with E-state index in [1.165, 1.54) is 5.56 Å². The van der Waals surface area contributed by atoms with Gasteiger partial charge in [0.05, 0.1) is 6.61 Å². The second-order valence-corrected chi connectivity index (χ2v) is 3.71. The number of nitrogens with zero attached hydrogens (tertiary/aromatic N) is 2. The molecule has 0 spiro atoms. The third-order valence-electron chi connectivity index (χ3n) is 2.32. The van der Waals surface area contributed by atoms with Gasteiger partial charge in [-0.1, -0.05) is 35.0 Å². The minimum Gasteiger partial charge on any atom is -0.383 e. The van der Waals surface area contributed by atoms with Crippen LogP contribution in [0.5, 0.6) is 0 Å². The van der Waals surface area contributed by atoms with Crippen LogP contribution in [-0.2, 0) is 4.74 Å². The molecule has 0 aliphatic heterocycles. The Labute approximate surface area is 99.8 Å². The van der Waals surface area contributed by atoms with Crippen molar-refractivity contribution >= 4 is 6.01 Å². The Morgan fingerprint density at radius 3 is 2.76 bits per heavy atom. The molecular formula is C12H15N3O2. The first-order valence-electron chi connectivity index (χ1n) is 5.43. The maximum atomic E-state index is 5.07. The molecule has 1 aromatic carbocycles. The van der Waals surface area contributed by atoms with Gasteiger partial charge in [0.1, 0.15) is 0 Å². The number of hydrogen-bond acceptors (Lipinski definition) is 5. The predicted octanol–water partition coefficient (Wildman–Crippen LogP) is 2.10. The molecule has 2 aromatic rings. The quantitative estimate of drug-likeness (QED) is 0.801. The lowest BCUT2D eigenvalue weighted by molar-refractivity contribution is 0.210. The van der Waals surface area contributed by atoms with Crippen LogP contribution in [0, 0.1) is 6.92 Å². The largest absolute Gasteiger partial charge is 0.383 e. The van der Waals surface area contributed by atoms with Crippen LogP contribution in [0.3, 0.4) is 0 Å². The second-order valence-electron chi connectivity index (χ2n) is 3.71. The van der Waals surface area contributed by atoms with E-state index < -0.39 is 0 Å². The number of ether oxygens (including phenoxy) is 1. The molecule has 0 amide bonds. The molecule has 0 bridgehead atoms. The highest BCUT2D eigenvalue weighted by molar-refractivity contribution is 5.55. The van der Waals surface area contributed by atoms with Crippen LogP contribution < -0.4 is 5.32 Å². The number of anilines is 1. The van der Waals surface area contributed by atoms with Gasteiger partial charge in [0, 0.05) is 19.2 Å². The average molecular weight is 233 g/mol. The second kappa shape index (κ2) is 5.45. The van der Waals surface area contributed by atoms with Gasteiger partial charge in [-0.05, 0) is 6.92 Å². The van der Waals surface area contributed by atoms with E-state index in [1.807, 2.05) is 31.2 Å². The zero-order chi connectivity index (χ0) is 12.1. The zero-order valence-corrected chi connectivity index (χ0v) is 9.93. The van der Waals surface area contributed by atoms with Gasteiger partial charge < -0.3 is 14.6 Å². The molecule has 17 heavy (non-hydrogen) atoms. The number of hydrogen-bond donors (Lipinski definition) is 1. The summed E-state index contributed by atoms with van der Waals surface area (Å²) < 4.78 is 9.98. The van der Waals surface area contributed by atoms with Crippen molar-refractivity contribution in [3.8, 4) is 11.4 Å². The SMILES string of the molecule is COCCNc1nc(-c2ccc(C)cc2)no1. The summed E-state index contributed by atoms with van der Waals surface area (Å²) in [4.78, 5) is 4.24. The summed E-state index contributed by atoms with van der Waals surface area (Å²) in [5.41, 5.74) is 2.15. The molecular weight excluding hydrogens is 218 g/mol. The molecule has 5 heteroatoms. The summed E-state index contributed by atoms with van der Waals surface area (Å²) in [5.74, 6) is 0.588. The third kappa shape index (κ3) is 3.04. The Kier molecular flexibility index (Phi) is 3.72. The van der Waals surface area contributed by atoms with E-state index >= 15 is 0 Å². The first kappa shape index (κ1) is 11.6.